The van der Waals surface area contributed by atoms with Crippen LogP contribution < -0.4 is 9.47 Å². The van der Waals surface area contributed by atoms with Gasteiger partial charge in [0.2, 0.25) is 0 Å². The number of nitrogens with zero attached hydrogens (tertiary/aromatic N) is 6. The summed E-state index contributed by atoms with van der Waals surface area (Å²) in [6.07, 6.45) is -3.03. The molecule has 2 N–H and O–H groups in total. The SMILES string of the molecule is CC1(C)C(=O)N(CC(O)COc2ccc([N+](=O)[O-])cc2[N+](=O)[O-])C(=O)N1CC(O)COc1ccc([N+](=O)[O-])cc1[N+](=O)[O-]. The first-order valence-electron chi connectivity index (χ1n) is 12.2. The molecule has 43 heavy (non-hydrogen) atoms. The van der Waals surface area contributed by atoms with E-state index in [9.17, 15) is 60.3 Å². The van der Waals surface area contributed by atoms with Crippen molar-refractivity contribution in [2.45, 2.75) is 31.6 Å². The molecule has 3 amide bonds. The number of carbonyl (C=O) groups is 2. The van der Waals surface area contributed by atoms with Gasteiger partial charge in [0.15, 0.2) is 11.5 Å². The molecular weight excluding hydrogens is 584 g/mol. The lowest BCUT2D eigenvalue weighted by Gasteiger charge is -2.29. The van der Waals surface area contributed by atoms with Gasteiger partial charge in [-0.2, -0.15) is 0 Å². The van der Waals surface area contributed by atoms with Crippen LogP contribution in [0.15, 0.2) is 36.4 Å². The molecule has 1 fully saturated rings. The fourth-order valence-electron chi connectivity index (χ4n) is 4.05. The van der Waals surface area contributed by atoms with Crippen LogP contribution in [-0.4, -0.2) is 95.7 Å². The molecule has 0 aliphatic carbocycles. The molecule has 2 atom stereocenters. The number of hydrogen-bond donors (Lipinski definition) is 2. The molecule has 1 aliphatic rings. The molecule has 0 bridgehead atoms. The fourth-order valence-corrected chi connectivity index (χ4v) is 4.05. The highest BCUT2D eigenvalue weighted by Gasteiger charge is 2.52. The van der Waals surface area contributed by atoms with E-state index in [2.05, 4.69) is 0 Å². The smallest absolute Gasteiger partial charge is 0.327 e. The van der Waals surface area contributed by atoms with E-state index in [4.69, 9.17) is 9.47 Å². The van der Waals surface area contributed by atoms with Crippen LogP contribution in [0, 0.1) is 40.5 Å². The van der Waals surface area contributed by atoms with Crippen LogP contribution in [-0.2, 0) is 4.79 Å². The molecule has 2 aromatic carbocycles. The van der Waals surface area contributed by atoms with Crippen molar-refractivity contribution in [2.75, 3.05) is 26.3 Å². The Balaban J connectivity index is 1.64. The lowest BCUT2D eigenvalue weighted by Crippen LogP contribution is -2.48. The fraction of sp³-hybridized carbons (Fsp3) is 0.391. The number of imide groups is 1. The van der Waals surface area contributed by atoms with Crippen molar-refractivity contribution >= 4 is 34.7 Å². The Hall–Kier alpha value is -5.50. The number of ether oxygens (including phenoxy) is 2. The van der Waals surface area contributed by atoms with Crippen LogP contribution in [0.25, 0.3) is 0 Å². The van der Waals surface area contributed by atoms with Gasteiger partial charge in [-0.05, 0) is 26.0 Å². The topological polar surface area (TPSA) is 272 Å². The number of hydrogen-bond acceptors (Lipinski definition) is 14. The average Bonchev–Trinajstić information content (AvgIpc) is 3.09. The first-order valence-corrected chi connectivity index (χ1v) is 12.2. The second-order valence-electron chi connectivity index (χ2n) is 9.63. The number of amides is 3. The van der Waals surface area contributed by atoms with E-state index in [1.165, 1.54) is 13.8 Å². The van der Waals surface area contributed by atoms with Crippen molar-refractivity contribution in [3.63, 3.8) is 0 Å². The van der Waals surface area contributed by atoms with Crippen molar-refractivity contribution in [3.8, 4) is 11.5 Å². The third-order valence-electron chi connectivity index (χ3n) is 6.25. The van der Waals surface area contributed by atoms with Crippen molar-refractivity contribution in [2.24, 2.45) is 0 Å². The molecule has 0 saturated carbocycles. The van der Waals surface area contributed by atoms with E-state index in [-0.39, 0.29) is 5.75 Å². The second kappa shape index (κ2) is 12.6. The Labute approximate surface area is 240 Å². The molecule has 1 heterocycles. The van der Waals surface area contributed by atoms with E-state index >= 15 is 0 Å². The first-order chi connectivity index (χ1) is 20.0. The summed E-state index contributed by atoms with van der Waals surface area (Å²) in [6, 6.07) is 4.30. The molecule has 0 spiro atoms. The minimum atomic E-state index is -1.55. The molecule has 20 heteroatoms. The summed E-state index contributed by atoms with van der Waals surface area (Å²) < 4.78 is 10.5. The lowest BCUT2D eigenvalue weighted by atomic mass is 10.0. The third kappa shape index (κ3) is 7.05. The van der Waals surface area contributed by atoms with Gasteiger partial charge in [-0.15, -0.1) is 0 Å². The molecule has 1 saturated heterocycles. The van der Waals surface area contributed by atoms with Crippen molar-refractivity contribution in [3.05, 3.63) is 76.9 Å². The molecule has 230 valence electrons. The minimum Gasteiger partial charge on any atom is -0.484 e. The maximum Gasteiger partial charge on any atom is 0.327 e. The number of aliphatic hydroxyl groups excluding tert-OH is 2. The number of aliphatic hydroxyl groups is 2. The Morgan fingerprint density at radius 3 is 1.56 bits per heavy atom. The van der Waals surface area contributed by atoms with Gasteiger partial charge < -0.3 is 24.6 Å². The van der Waals surface area contributed by atoms with Crippen LogP contribution in [0.1, 0.15) is 13.8 Å². The van der Waals surface area contributed by atoms with Gasteiger partial charge in [0, 0.05) is 12.1 Å². The number of rotatable bonds is 14. The summed E-state index contributed by atoms with van der Waals surface area (Å²) >= 11 is 0. The number of urea groups is 1. The van der Waals surface area contributed by atoms with Crippen molar-refractivity contribution < 1.29 is 49.0 Å². The van der Waals surface area contributed by atoms with Crippen LogP contribution in [0.4, 0.5) is 27.5 Å². The molecule has 0 aromatic heterocycles. The highest BCUT2D eigenvalue weighted by Crippen LogP contribution is 2.33. The number of benzene rings is 2. The second-order valence-corrected chi connectivity index (χ2v) is 9.63. The van der Waals surface area contributed by atoms with E-state index in [0.717, 1.165) is 29.2 Å². The number of β-amino-alcohol motifs (C(OH)–C–C–N with tert-alkyl or cyclic N) is 2. The zero-order chi connectivity index (χ0) is 32.2. The van der Waals surface area contributed by atoms with Gasteiger partial charge in [0.25, 0.3) is 17.3 Å². The monoisotopic (exact) mass is 608 g/mol. The maximum absolute atomic E-state index is 13.1. The zero-order valence-electron chi connectivity index (χ0n) is 22.4. The molecule has 0 radical (unpaired) electrons. The standard InChI is InChI=1S/C23H24N6O14/c1-23(2)21(32)24(9-15(30)11-42-19-5-3-13(26(34)35)7-17(19)28(38)39)22(33)25(23)10-16(31)12-43-20-6-4-14(27(36)37)8-18(20)29(40)41/h3-8,15-16,30-31H,9-12H2,1-2H3. The van der Waals surface area contributed by atoms with Gasteiger partial charge in [0.1, 0.15) is 31.0 Å². The summed E-state index contributed by atoms with van der Waals surface area (Å²) in [6.45, 7) is 0.393. The average molecular weight is 608 g/mol. The number of non-ortho nitro benzene ring substituents is 2. The van der Waals surface area contributed by atoms with E-state index < -0.39 is 104 Å². The van der Waals surface area contributed by atoms with E-state index in [0.29, 0.717) is 17.0 Å². The van der Waals surface area contributed by atoms with Crippen molar-refractivity contribution in [1.82, 2.24) is 9.80 Å². The Bertz CT molecular complexity index is 1480. The highest BCUT2D eigenvalue weighted by molar-refractivity contribution is 6.06. The quantitative estimate of drug-likeness (QED) is 0.175. The van der Waals surface area contributed by atoms with Crippen LogP contribution >= 0.6 is 0 Å². The molecular formula is C23H24N6O14. The highest BCUT2D eigenvalue weighted by atomic mass is 16.6. The zero-order valence-corrected chi connectivity index (χ0v) is 22.4. The largest absolute Gasteiger partial charge is 0.484 e. The van der Waals surface area contributed by atoms with Gasteiger partial charge in [0.05, 0.1) is 44.9 Å². The molecule has 1 aliphatic heterocycles. The summed E-state index contributed by atoms with van der Waals surface area (Å²) in [4.78, 5) is 68.5. The summed E-state index contributed by atoms with van der Waals surface area (Å²) in [5, 5.41) is 65.2. The van der Waals surface area contributed by atoms with Crippen LogP contribution in [0.3, 0.4) is 0 Å². The first kappa shape index (κ1) is 32.0. The van der Waals surface area contributed by atoms with E-state index in [1.807, 2.05) is 0 Å². The predicted octanol–water partition coefficient (Wildman–Crippen LogP) is 1.54. The van der Waals surface area contributed by atoms with E-state index in [1.54, 1.807) is 0 Å². The molecule has 2 unspecified atom stereocenters. The molecule has 2 aromatic rings. The Morgan fingerprint density at radius 1 is 0.744 bits per heavy atom. The number of nitro benzene ring substituents is 4. The summed E-state index contributed by atoms with van der Waals surface area (Å²) in [7, 11) is 0. The normalized spacial score (nSPS) is 15.6. The molecule has 3 rings (SSSR count). The Kier molecular flexibility index (Phi) is 9.36. The van der Waals surface area contributed by atoms with Crippen LogP contribution in [0.2, 0.25) is 0 Å². The summed E-state index contributed by atoms with van der Waals surface area (Å²) in [5.74, 6) is -1.54. The number of carbonyl (C=O) groups excluding carboxylic acids is 2. The Morgan fingerprint density at radius 2 is 1.16 bits per heavy atom. The van der Waals surface area contributed by atoms with Gasteiger partial charge in [-0.3, -0.25) is 50.2 Å². The predicted molar refractivity (Wildman–Crippen MR) is 140 cm³/mol. The molecule has 20 nitrogen and oxygen atoms in total. The van der Waals surface area contributed by atoms with Crippen LogP contribution in [0.5, 0.6) is 11.5 Å². The minimum absolute atomic E-state index is 0.379. The van der Waals surface area contributed by atoms with Crippen molar-refractivity contribution in [1.29, 1.82) is 0 Å². The van der Waals surface area contributed by atoms with Gasteiger partial charge >= 0.3 is 17.4 Å². The maximum atomic E-state index is 13.1. The van der Waals surface area contributed by atoms with Gasteiger partial charge in [-0.25, -0.2) is 4.79 Å². The summed E-state index contributed by atoms with van der Waals surface area (Å²) in [5.41, 5.74) is -4.10. The third-order valence-corrected chi connectivity index (χ3v) is 6.25. The van der Waals surface area contributed by atoms with Gasteiger partial charge in [-0.1, -0.05) is 0 Å². The number of nitro groups is 4. The lowest BCUT2D eigenvalue weighted by molar-refractivity contribution is -0.395.